The van der Waals surface area contributed by atoms with Crippen LogP contribution in [0.3, 0.4) is 0 Å². The Bertz CT molecular complexity index is 920. The number of nitrogens with zero attached hydrogens (tertiary/aromatic N) is 3. The third kappa shape index (κ3) is 2.72. The molecule has 0 aromatic carbocycles. The zero-order chi connectivity index (χ0) is 18.6. The predicted octanol–water partition coefficient (Wildman–Crippen LogP) is 2.50. The van der Waals surface area contributed by atoms with Gasteiger partial charge in [-0.2, -0.15) is 0 Å². The third-order valence-electron chi connectivity index (χ3n) is 6.61. The lowest BCUT2D eigenvalue weighted by atomic mass is 9.60. The Kier molecular flexibility index (Phi) is 3.75. The van der Waals surface area contributed by atoms with Crippen LogP contribution in [0, 0.1) is 12.3 Å². The number of pyridine rings is 1. The second kappa shape index (κ2) is 6.05. The van der Waals surface area contributed by atoms with Gasteiger partial charge in [0, 0.05) is 30.6 Å². The van der Waals surface area contributed by atoms with Crippen molar-refractivity contribution in [1.29, 1.82) is 0 Å². The molecule has 0 radical (unpaired) electrons. The molecule has 1 spiro atoms. The lowest BCUT2D eigenvalue weighted by molar-refractivity contribution is -0.120. The van der Waals surface area contributed by atoms with Gasteiger partial charge >= 0.3 is 6.03 Å². The monoisotopic (exact) mass is 367 g/mol. The average molecular weight is 367 g/mol. The fourth-order valence-corrected chi connectivity index (χ4v) is 5.02. The van der Waals surface area contributed by atoms with Crippen LogP contribution in [-0.2, 0) is 4.79 Å². The van der Waals surface area contributed by atoms with E-state index in [4.69, 9.17) is 4.98 Å². The number of hydrogen-bond acceptors (Lipinski definition) is 4. The van der Waals surface area contributed by atoms with Gasteiger partial charge in [0.1, 0.15) is 5.65 Å². The summed E-state index contributed by atoms with van der Waals surface area (Å²) in [6.45, 7) is 4.78. The van der Waals surface area contributed by atoms with Gasteiger partial charge in [-0.25, -0.2) is 9.78 Å². The molecule has 5 rings (SSSR count). The molecule has 0 bridgehead atoms. The van der Waals surface area contributed by atoms with E-state index in [1.165, 1.54) is 31.2 Å². The molecule has 3 fully saturated rings. The second-order valence-corrected chi connectivity index (χ2v) is 8.35. The molecule has 0 atom stereocenters. The van der Waals surface area contributed by atoms with Gasteiger partial charge < -0.3 is 9.88 Å². The third-order valence-corrected chi connectivity index (χ3v) is 6.61. The molecule has 1 saturated carbocycles. The zero-order valence-electron chi connectivity index (χ0n) is 15.6. The van der Waals surface area contributed by atoms with Crippen LogP contribution in [0.5, 0.6) is 0 Å². The maximum absolute atomic E-state index is 12.1. The van der Waals surface area contributed by atoms with Crippen LogP contribution < -0.4 is 15.5 Å². The van der Waals surface area contributed by atoms with Gasteiger partial charge in [-0.15, -0.1) is 0 Å². The number of fused-ring (bicyclic) bond motifs is 1. The first kappa shape index (κ1) is 16.7. The summed E-state index contributed by atoms with van der Waals surface area (Å²) in [5.41, 5.74) is 3.45. The molecule has 0 unspecified atom stereocenters. The minimum atomic E-state index is -0.365. The number of piperidine rings is 1. The Balaban J connectivity index is 1.42. The Morgan fingerprint density at radius 2 is 2.00 bits per heavy atom. The Labute approximate surface area is 158 Å². The van der Waals surface area contributed by atoms with Gasteiger partial charge in [0.05, 0.1) is 11.9 Å². The smallest absolute Gasteiger partial charge is 0.328 e. The number of nitrogens with one attached hydrogen (secondary N) is 2. The molecular formula is C20H25N5O2. The van der Waals surface area contributed by atoms with Gasteiger partial charge in [0.15, 0.2) is 0 Å². The first-order valence-corrected chi connectivity index (χ1v) is 9.84. The van der Waals surface area contributed by atoms with Crippen LogP contribution >= 0.6 is 0 Å². The van der Waals surface area contributed by atoms with Crippen LogP contribution in [0.25, 0.3) is 11.0 Å². The van der Waals surface area contributed by atoms with Crippen LogP contribution in [-0.4, -0.2) is 41.1 Å². The van der Waals surface area contributed by atoms with Crippen LogP contribution in [0.1, 0.15) is 43.7 Å². The van der Waals surface area contributed by atoms with E-state index in [9.17, 15) is 9.59 Å². The van der Waals surface area contributed by atoms with E-state index in [1.807, 2.05) is 6.07 Å². The van der Waals surface area contributed by atoms with Gasteiger partial charge in [0.2, 0.25) is 5.91 Å². The lowest BCUT2D eigenvalue weighted by Gasteiger charge is -2.51. The van der Waals surface area contributed by atoms with Crippen molar-refractivity contribution in [3.63, 3.8) is 0 Å². The number of urea groups is 1. The molecule has 2 aromatic heterocycles. The van der Waals surface area contributed by atoms with Gasteiger partial charge in [-0.1, -0.05) is 0 Å². The molecule has 27 heavy (non-hydrogen) atoms. The number of rotatable bonds is 2. The van der Waals surface area contributed by atoms with Crippen LogP contribution in [0.15, 0.2) is 18.5 Å². The number of carbonyl (C=O) groups is 2. The second-order valence-electron chi connectivity index (χ2n) is 8.35. The number of hydrogen-bond donors (Lipinski definition) is 2. The maximum atomic E-state index is 12.1. The first-order chi connectivity index (χ1) is 13.0. The molecule has 7 nitrogen and oxygen atoms in total. The molecule has 2 N–H and O–H groups in total. The minimum absolute atomic E-state index is 0.218. The van der Waals surface area contributed by atoms with E-state index in [0.29, 0.717) is 24.4 Å². The first-order valence-electron chi connectivity index (χ1n) is 9.84. The van der Waals surface area contributed by atoms with Crippen molar-refractivity contribution in [3.8, 4) is 0 Å². The Morgan fingerprint density at radius 1 is 1.22 bits per heavy atom. The molecule has 2 aliphatic heterocycles. The van der Waals surface area contributed by atoms with E-state index >= 15 is 0 Å². The molecular weight excluding hydrogens is 342 g/mol. The maximum Gasteiger partial charge on any atom is 0.328 e. The van der Waals surface area contributed by atoms with Crippen LogP contribution in [0.2, 0.25) is 0 Å². The fraction of sp³-hybridized carbons (Fsp3) is 0.550. The summed E-state index contributed by atoms with van der Waals surface area (Å²) >= 11 is 0. The number of imide groups is 1. The highest BCUT2D eigenvalue weighted by Gasteiger charge is 2.45. The largest absolute Gasteiger partial charge is 0.329 e. The predicted molar refractivity (Wildman–Crippen MR) is 103 cm³/mol. The molecule has 2 saturated heterocycles. The molecule has 2 aromatic rings. The summed E-state index contributed by atoms with van der Waals surface area (Å²) in [6.07, 6.45) is 9.31. The lowest BCUT2D eigenvalue weighted by Crippen LogP contribution is -2.49. The standard InChI is InChI=1S/C20H25N5O2/c1-13-12-25(15-9-20(10-15)3-5-21-6-4-20)18-16(13)8-14(11-22-18)24-7-2-17(26)23-19(24)27/h8,11-12,15,21H,2-7,9-10H2,1H3,(H,23,26,27). The van der Waals surface area contributed by atoms with E-state index < -0.39 is 0 Å². The van der Waals surface area contributed by atoms with Crippen molar-refractivity contribution in [2.75, 3.05) is 24.5 Å². The van der Waals surface area contributed by atoms with Crippen molar-refractivity contribution >= 4 is 28.7 Å². The number of amides is 3. The number of carbonyl (C=O) groups excluding carboxylic acids is 2. The number of aromatic nitrogens is 2. The summed E-state index contributed by atoms with van der Waals surface area (Å²) in [5, 5.41) is 6.92. The zero-order valence-corrected chi connectivity index (χ0v) is 15.6. The highest BCUT2D eigenvalue weighted by Crippen LogP contribution is 2.54. The Hall–Kier alpha value is -2.41. The van der Waals surface area contributed by atoms with E-state index in [0.717, 1.165) is 29.8 Å². The topological polar surface area (TPSA) is 79.3 Å². The molecule has 3 amide bonds. The molecule has 3 aliphatic rings. The van der Waals surface area contributed by atoms with E-state index in [1.54, 1.807) is 11.1 Å². The number of aryl methyl sites for hydroxylation is 1. The van der Waals surface area contributed by atoms with Gasteiger partial charge in [0.25, 0.3) is 0 Å². The number of anilines is 1. The summed E-state index contributed by atoms with van der Waals surface area (Å²) in [4.78, 5) is 29.8. The van der Waals surface area contributed by atoms with Gasteiger partial charge in [-0.3, -0.25) is 15.0 Å². The van der Waals surface area contributed by atoms with Crippen molar-refractivity contribution in [2.24, 2.45) is 5.41 Å². The van der Waals surface area contributed by atoms with Gasteiger partial charge in [-0.05, 0) is 62.7 Å². The Morgan fingerprint density at radius 3 is 2.74 bits per heavy atom. The normalized spacial score (nSPS) is 22.9. The van der Waals surface area contributed by atoms with Crippen molar-refractivity contribution in [2.45, 2.75) is 45.1 Å². The molecule has 7 heteroatoms. The highest BCUT2D eigenvalue weighted by atomic mass is 16.2. The SMILES string of the molecule is Cc1cn(C2CC3(CCNCC3)C2)c2ncc(N3CCC(=O)NC3=O)cc12. The van der Waals surface area contributed by atoms with Crippen molar-refractivity contribution < 1.29 is 9.59 Å². The fourth-order valence-electron chi connectivity index (χ4n) is 5.02. The van der Waals surface area contributed by atoms with Crippen molar-refractivity contribution in [1.82, 2.24) is 20.2 Å². The minimum Gasteiger partial charge on any atom is -0.329 e. The molecule has 142 valence electrons. The highest BCUT2D eigenvalue weighted by molar-refractivity contribution is 6.06. The summed E-state index contributed by atoms with van der Waals surface area (Å²) in [7, 11) is 0. The molecule has 1 aliphatic carbocycles. The van der Waals surface area contributed by atoms with Crippen LogP contribution in [0.4, 0.5) is 10.5 Å². The quantitative estimate of drug-likeness (QED) is 0.855. The summed E-state index contributed by atoms with van der Waals surface area (Å²) < 4.78 is 2.33. The van der Waals surface area contributed by atoms with Crippen molar-refractivity contribution in [3.05, 3.63) is 24.0 Å². The summed E-state index contributed by atoms with van der Waals surface area (Å²) in [6, 6.07) is 2.19. The summed E-state index contributed by atoms with van der Waals surface area (Å²) in [5.74, 6) is -0.218. The average Bonchev–Trinajstić information content (AvgIpc) is 2.96. The van der Waals surface area contributed by atoms with E-state index in [-0.39, 0.29) is 11.9 Å². The van der Waals surface area contributed by atoms with E-state index in [2.05, 4.69) is 28.3 Å². The molecule has 4 heterocycles.